The average Bonchev–Trinajstić information content (AvgIpc) is 3.21. The van der Waals surface area contributed by atoms with Gasteiger partial charge in [-0.15, -0.1) is 0 Å². The molecule has 0 N–H and O–H groups in total. The zero-order valence-electron chi connectivity index (χ0n) is 12.5. The number of nitrogens with zero attached hydrogens (tertiary/aromatic N) is 1. The van der Waals surface area contributed by atoms with Crippen LogP contribution in [0.1, 0.15) is 6.42 Å². The van der Waals surface area contributed by atoms with Crippen molar-refractivity contribution in [3.63, 3.8) is 0 Å². The number of anilines is 1. The van der Waals surface area contributed by atoms with E-state index in [9.17, 15) is 9.59 Å². The summed E-state index contributed by atoms with van der Waals surface area (Å²) in [4.78, 5) is 27.0. The van der Waals surface area contributed by atoms with Gasteiger partial charge in [-0.05, 0) is 30.4 Å². The number of methoxy groups -OCH3 is 2. The highest BCUT2D eigenvalue weighted by Crippen LogP contribution is 2.54. The third-order valence-corrected chi connectivity index (χ3v) is 5.10. The fourth-order valence-corrected chi connectivity index (χ4v) is 4.11. The maximum absolute atomic E-state index is 12.8. The summed E-state index contributed by atoms with van der Waals surface area (Å²) in [6.07, 6.45) is 5.10. The molecule has 114 valence electrons. The summed E-state index contributed by atoms with van der Waals surface area (Å²) >= 11 is 0. The molecular weight excluding hydrogens is 282 g/mol. The molecule has 4 atom stereocenters. The molecule has 2 bridgehead atoms. The van der Waals surface area contributed by atoms with Crippen molar-refractivity contribution < 1.29 is 19.1 Å². The van der Waals surface area contributed by atoms with Crippen molar-refractivity contribution in [1.29, 1.82) is 0 Å². The Labute approximate surface area is 128 Å². The van der Waals surface area contributed by atoms with E-state index in [-0.39, 0.29) is 35.5 Å². The van der Waals surface area contributed by atoms with Crippen LogP contribution in [0.3, 0.4) is 0 Å². The standard InChI is InChI=1S/C17H17NO4/c1-21-11-5-6-13(22-2)12(8-11)18-16(19)14-9-3-4-10(7-9)15(14)17(18)20/h3-6,8-10,14-15H,7H2,1-2H3/t9-,10-,14+,15+/m1/s1. The fraction of sp³-hybridized carbons (Fsp3) is 0.412. The normalized spacial score (nSPS) is 31.8. The second-order valence-corrected chi connectivity index (χ2v) is 6.05. The van der Waals surface area contributed by atoms with E-state index < -0.39 is 0 Å². The first kappa shape index (κ1) is 13.4. The predicted octanol–water partition coefficient (Wildman–Crippen LogP) is 2.02. The van der Waals surface area contributed by atoms with E-state index >= 15 is 0 Å². The van der Waals surface area contributed by atoms with E-state index in [0.717, 1.165) is 6.42 Å². The van der Waals surface area contributed by atoms with Crippen molar-refractivity contribution in [3.05, 3.63) is 30.4 Å². The highest BCUT2D eigenvalue weighted by Gasteiger charge is 2.59. The number of imide groups is 1. The summed E-state index contributed by atoms with van der Waals surface area (Å²) in [6.45, 7) is 0. The minimum absolute atomic E-state index is 0.113. The molecule has 1 heterocycles. The van der Waals surface area contributed by atoms with Gasteiger partial charge in [0.05, 0.1) is 31.7 Å². The van der Waals surface area contributed by atoms with Crippen LogP contribution in [0.25, 0.3) is 0 Å². The molecule has 3 aliphatic rings. The van der Waals surface area contributed by atoms with Crippen molar-refractivity contribution in [1.82, 2.24) is 0 Å². The summed E-state index contributed by atoms with van der Waals surface area (Å²) in [7, 11) is 3.08. The number of carbonyl (C=O) groups is 2. The number of carbonyl (C=O) groups excluding carboxylic acids is 2. The summed E-state index contributed by atoms with van der Waals surface area (Å²) < 4.78 is 10.5. The van der Waals surface area contributed by atoms with Gasteiger partial charge in [0.2, 0.25) is 11.8 Å². The van der Waals surface area contributed by atoms with Crippen molar-refractivity contribution in [2.45, 2.75) is 6.42 Å². The van der Waals surface area contributed by atoms with Gasteiger partial charge >= 0.3 is 0 Å². The van der Waals surface area contributed by atoms with Crippen molar-refractivity contribution in [3.8, 4) is 11.5 Å². The van der Waals surface area contributed by atoms with Crippen LogP contribution in [0.5, 0.6) is 11.5 Å². The monoisotopic (exact) mass is 299 g/mol. The third-order valence-electron chi connectivity index (χ3n) is 5.10. The van der Waals surface area contributed by atoms with Crippen LogP contribution in [0, 0.1) is 23.7 Å². The second-order valence-electron chi connectivity index (χ2n) is 6.05. The summed E-state index contributed by atoms with van der Waals surface area (Å²) in [5, 5.41) is 0. The van der Waals surface area contributed by atoms with E-state index in [1.54, 1.807) is 25.3 Å². The number of hydrogen-bond donors (Lipinski definition) is 0. The Morgan fingerprint density at radius 3 is 2.18 bits per heavy atom. The van der Waals surface area contributed by atoms with Crippen LogP contribution < -0.4 is 14.4 Å². The largest absolute Gasteiger partial charge is 0.497 e. The van der Waals surface area contributed by atoms with Crippen LogP contribution in [0.2, 0.25) is 0 Å². The van der Waals surface area contributed by atoms with E-state index in [1.165, 1.54) is 12.0 Å². The Morgan fingerprint density at radius 1 is 1.00 bits per heavy atom. The summed E-state index contributed by atoms with van der Waals surface area (Å²) in [5.41, 5.74) is 0.477. The maximum Gasteiger partial charge on any atom is 0.238 e. The molecule has 1 saturated carbocycles. The number of amides is 2. The Morgan fingerprint density at radius 2 is 1.64 bits per heavy atom. The van der Waals surface area contributed by atoms with E-state index in [0.29, 0.717) is 17.2 Å². The second kappa shape index (κ2) is 4.60. The number of rotatable bonds is 3. The Bertz CT molecular complexity index is 666. The molecule has 5 nitrogen and oxygen atoms in total. The molecule has 0 aromatic heterocycles. The maximum atomic E-state index is 12.8. The minimum Gasteiger partial charge on any atom is -0.497 e. The third kappa shape index (κ3) is 1.59. The Balaban J connectivity index is 1.78. The summed E-state index contributed by atoms with van der Waals surface area (Å²) in [6, 6.07) is 5.15. The SMILES string of the molecule is COc1ccc(OC)c(N2C(=O)[C@@H]3[C@@H](C2=O)[C@@H]2C=C[C@@H]3C2)c1. The number of fused-ring (bicyclic) bond motifs is 5. The first-order chi connectivity index (χ1) is 10.7. The van der Waals surface area contributed by atoms with Gasteiger partial charge in [-0.1, -0.05) is 12.2 Å². The van der Waals surface area contributed by atoms with Crippen molar-refractivity contribution in [2.24, 2.45) is 23.7 Å². The zero-order chi connectivity index (χ0) is 15.4. The lowest BCUT2D eigenvalue weighted by Crippen LogP contribution is -2.33. The number of ether oxygens (including phenoxy) is 2. The lowest BCUT2D eigenvalue weighted by atomic mass is 9.85. The Kier molecular flexibility index (Phi) is 2.79. The molecule has 5 heteroatoms. The topological polar surface area (TPSA) is 55.8 Å². The lowest BCUT2D eigenvalue weighted by Gasteiger charge is -2.20. The predicted molar refractivity (Wildman–Crippen MR) is 79.8 cm³/mol. The molecule has 0 radical (unpaired) electrons. The fourth-order valence-electron chi connectivity index (χ4n) is 4.11. The van der Waals surface area contributed by atoms with Gasteiger partial charge in [0.25, 0.3) is 0 Å². The molecule has 22 heavy (non-hydrogen) atoms. The number of allylic oxidation sites excluding steroid dienone is 2. The van der Waals surface area contributed by atoms with Gasteiger partial charge in [0, 0.05) is 6.07 Å². The number of benzene rings is 1. The van der Waals surface area contributed by atoms with E-state index in [4.69, 9.17) is 9.47 Å². The van der Waals surface area contributed by atoms with Crippen LogP contribution in [0.15, 0.2) is 30.4 Å². The van der Waals surface area contributed by atoms with Gasteiger partial charge in [0.1, 0.15) is 11.5 Å². The molecule has 0 spiro atoms. The smallest absolute Gasteiger partial charge is 0.238 e. The molecule has 1 saturated heterocycles. The first-order valence-electron chi connectivity index (χ1n) is 7.44. The molecule has 2 fully saturated rings. The molecular formula is C17H17NO4. The quantitative estimate of drug-likeness (QED) is 0.633. The molecule has 2 amide bonds. The molecule has 0 unspecified atom stereocenters. The highest BCUT2D eigenvalue weighted by molar-refractivity contribution is 6.23. The molecule has 2 aliphatic carbocycles. The van der Waals surface area contributed by atoms with E-state index in [2.05, 4.69) is 12.2 Å². The molecule has 1 aromatic carbocycles. The van der Waals surface area contributed by atoms with Gasteiger partial charge in [0.15, 0.2) is 0 Å². The van der Waals surface area contributed by atoms with Crippen LogP contribution in [-0.4, -0.2) is 26.0 Å². The van der Waals surface area contributed by atoms with Gasteiger partial charge in [-0.25, -0.2) is 4.90 Å². The first-order valence-corrected chi connectivity index (χ1v) is 7.44. The minimum atomic E-state index is -0.210. The van der Waals surface area contributed by atoms with Crippen LogP contribution in [-0.2, 0) is 9.59 Å². The van der Waals surface area contributed by atoms with Gasteiger partial charge in [-0.3, -0.25) is 9.59 Å². The zero-order valence-corrected chi connectivity index (χ0v) is 12.5. The van der Waals surface area contributed by atoms with Gasteiger partial charge in [-0.2, -0.15) is 0 Å². The van der Waals surface area contributed by atoms with Crippen LogP contribution >= 0.6 is 0 Å². The number of hydrogen-bond acceptors (Lipinski definition) is 4. The molecule has 4 rings (SSSR count). The Hall–Kier alpha value is -2.30. The highest BCUT2D eigenvalue weighted by atomic mass is 16.5. The van der Waals surface area contributed by atoms with Gasteiger partial charge < -0.3 is 9.47 Å². The lowest BCUT2D eigenvalue weighted by molar-refractivity contribution is -0.123. The molecule has 1 aliphatic heterocycles. The molecule has 1 aromatic rings. The van der Waals surface area contributed by atoms with Crippen molar-refractivity contribution in [2.75, 3.05) is 19.1 Å². The van der Waals surface area contributed by atoms with Crippen LogP contribution in [0.4, 0.5) is 5.69 Å². The van der Waals surface area contributed by atoms with Crippen molar-refractivity contribution >= 4 is 17.5 Å². The average molecular weight is 299 g/mol. The summed E-state index contributed by atoms with van der Waals surface area (Å²) in [5.74, 6) is 0.854. The van der Waals surface area contributed by atoms with E-state index in [1.807, 2.05) is 0 Å².